The van der Waals surface area contributed by atoms with E-state index in [4.69, 9.17) is 4.74 Å². The fourth-order valence-electron chi connectivity index (χ4n) is 2.13. The van der Waals surface area contributed by atoms with E-state index in [1.807, 2.05) is 6.20 Å². The largest absolute Gasteiger partial charge is 0.378 e. The zero-order chi connectivity index (χ0) is 15.2. The van der Waals surface area contributed by atoms with E-state index in [1.165, 1.54) is 6.07 Å². The van der Waals surface area contributed by atoms with Crippen LogP contribution in [0.5, 0.6) is 0 Å². The molecule has 0 unspecified atom stereocenters. The summed E-state index contributed by atoms with van der Waals surface area (Å²) in [5.41, 5.74) is 0.839. The summed E-state index contributed by atoms with van der Waals surface area (Å²) < 4.78 is 5.25. The number of nitro benzene ring substituents is 1. The van der Waals surface area contributed by atoms with E-state index in [2.05, 4.69) is 4.90 Å². The SMILES string of the molecule is CCC(=O)c1ccc(/C=C/N2CCOCC2)c([N+](=O)[O-])c1. The molecule has 1 aromatic rings. The third-order valence-electron chi connectivity index (χ3n) is 3.38. The fraction of sp³-hybridized carbons (Fsp3) is 0.400. The van der Waals surface area contributed by atoms with Gasteiger partial charge in [-0.3, -0.25) is 14.9 Å². The molecule has 1 aliphatic rings. The number of ether oxygens (including phenoxy) is 1. The van der Waals surface area contributed by atoms with E-state index in [0.29, 0.717) is 30.8 Å². The molecule has 0 saturated carbocycles. The summed E-state index contributed by atoms with van der Waals surface area (Å²) in [7, 11) is 0. The lowest BCUT2D eigenvalue weighted by atomic mass is 10.0. The minimum absolute atomic E-state index is 0.0428. The maximum atomic E-state index is 11.6. The number of nitro groups is 1. The fourth-order valence-corrected chi connectivity index (χ4v) is 2.13. The van der Waals surface area contributed by atoms with Crippen molar-refractivity contribution in [1.29, 1.82) is 0 Å². The van der Waals surface area contributed by atoms with Gasteiger partial charge in [0, 0.05) is 37.3 Å². The molecule has 1 heterocycles. The predicted molar refractivity (Wildman–Crippen MR) is 79.1 cm³/mol. The summed E-state index contributed by atoms with van der Waals surface area (Å²) in [5, 5.41) is 11.2. The van der Waals surface area contributed by atoms with Gasteiger partial charge in [0.25, 0.3) is 5.69 Å². The molecule has 1 fully saturated rings. The number of carbonyl (C=O) groups excluding carboxylic acids is 1. The second-order valence-electron chi connectivity index (χ2n) is 4.77. The first-order valence-electron chi connectivity index (χ1n) is 6.93. The summed E-state index contributed by atoms with van der Waals surface area (Å²) in [6.07, 6.45) is 3.88. The van der Waals surface area contributed by atoms with E-state index < -0.39 is 4.92 Å². The van der Waals surface area contributed by atoms with Crippen LogP contribution in [0.2, 0.25) is 0 Å². The smallest absolute Gasteiger partial charge is 0.277 e. The topological polar surface area (TPSA) is 72.7 Å². The van der Waals surface area contributed by atoms with Crippen molar-refractivity contribution in [2.24, 2.45) is 0 Å². The Morgan fingerprint density at radius 1 is 1.43 bits per heavy atom. The van der Waals surface area contributed by atoms with E-state index in [1.54, 1.807) is 25.1 Å². The first-order chi connectivity index (χ1) is 10.1. The van der Waals surface area contributed by atoms with Crippen molar-refractivity contribution in [3.8, 4) is 0 Å². The van der Waals surface area contributed by atoms with Crippen molar-refractivity contribution in [3.05, 3.63) is 45.6 Å². The second kappa shape index (κ2) is 6.99. The molecule has 1 saturated heterocycles. The second-order valence-corrected chi connectivity index (χ2v) is 4.77. The molecule has 0 N–H and O–H groups in total. The molecule has 6 heteroatoms. The Morgan fingerprint density at radius 2 is 2.14 bits per heavy atom. The molecule has 6 nitrogen and oxygen atoms in total. The molecule has 2 rings (SSSR count). The molecule has 0 spiro atoms. The highest BCUT2D eigenvalue weighted by Crippen LogP contribution is 2.23. The summed E-state index contributed by atoms with van der Waals surface area (Å²) in [6.45, 7) is 4.61. The van der Waals surface area contributed by atoms with Crippen molar-refractivity contribution in [1.82, 2.24) is 4.90 Å². The van der Waals surface area contributed by atoms with Gasteiger partial charge in [-0.1, -0.05) is 13.0 Å². The van der Waals surface area contributed by atoms with Gasteiger partial charge in [0.15, 0.2) is 5.78 Å². The van der Waals surface area contributed by atoms with Crippen LogP contribution in [-0.4, -0.2) is 41.9 Å². The lowest BCUT2D eigenvalue weighted by Crippen LogP contribution is -2.31. The summed E-state index contributed by atoms with van der Waals surface area (Å²) in [4.78, 5) is 24.4. The Kier molecular flexibility index (Phi) is 5.05. The number of morpholine rings is 1. The highest BCUT2D eigenvalue weighted by molar-refractivity contribution is 5.96. The van der Waals surface area contributed by atoms with Gasteiger partial charge in [0.1, 0.15) is 0 Å². The summed E-state index contributed by atoms with van der Waals surface area (Å²) in [5.74, 6) is -0.0955. The molecule has 21 heavy (non-hydrogen) atoms. The van der Waals surface area contributed by atoms with Gasteiger partial charge in [0.2, 0.25) is 0 Å². The van der Waals surface area contributed by atoms with Crippen LogP contribution >= 0.6 is 0 Å². The predicted octanol–water partition coefficient (Wildman–Crippen LogP) is 2.49. The van der Waals surface area contributed by atoms with Crippen LogP contribution in [0.3, 0.4) is 0 Å². The van der Waals surface area contributed by atoms with Gasteiger partial charge in [-0.05, 0) is 12.1 Å². The van der Waals surface area contributed by atoms with E-state index >= 15 is 0 Å². The number of hydrogen-bond donors (Lipinski definition) is 0. The Bertz CT molecular complexity index is 563. The van der Waals surface area contributed by atoms with Crippen molar-refractivity contribution in [3.63, 3.8) is 0 Å². The Labute approximate surface area is 123 Å². The van der Waals surface area contributed by atoms with Crippen LogP contribution < -0.4 is 0 Å². The molecule has 1 aliphatic heterocycles. The lowest BCUT2D eigenvalue weighted by molar-refractivity contribution is -0.385. The number of carbonyl (C=O) groups is 1. The molecule has 0 aromatic heterocycles. The minimum atomic E-state index is -0.453. The molecule has 0 bridgehead atoms. The summed E-state index contributed by atoms with van der Waals surface area (Å²) in [6, 6.07) is 4.61. The van der Waals surface area contributed by atoms with Gasteiger partial charge in [-0.25, -0.2) is 0 Å². The van der Waals surface area contributed by atoms with Crippen LogP contribution in [0.15, 0.2) is 24.4 Å². The Morgan fingerprint density at radius 3 is 2.76 bits per heavy atom. The van der Waals surface area contributed by atoms with E-state index in [0.717, 1.165) is 13.1 Å². The van der Waals surface area contributed by atoms with Gasteiger partial charge in [-0.2, -0.15) is 0 Å². The molecule has 0 amide bonds. The van der Waals surface area contributed by atoms with Crippen LogP contribution in [-0.2, 0) is 4.74 Å². The van der Waals surface area contributed by atoms with Crippen LogP contribution in [0.1, 0.15) is 29.3 Å². The number of nitrogens with zero attached hydrogens (tertiary/aromatic N) is 2. The number of rotatable bonds is 5. The van der Waals surface area contributed by atoms with E-state index in [-0.39, 0.29) is 11.5 Å². The normalized spacial score (nSPS) is 15.4. The maximum absolute atomic E-state index is 11.6. The minimum Gasteiger partial charge on any atom is -0.378 e. The monoisotopic (exact) mass is 290 g/mol. The maximum Gasteiger partial charge on any atom is 0.277 e. The molecular formula is C15H18N2O4. The zero-order valence-electron chi connectivity index (χ0n) is 11.9. The van der Waals surface area contributed by atoms with Crippen molar-refractivity contribution >= 4 is 17.5 Å². The molecule has 0 aliphatic carbocycles. The van der Waals surface area contributed by atoms with Crippen molar-refractivity contribution in [2.45, 2.75) is 13.3 Å². The van der Waals surface area contributed by atoms with Gasteiger partial charge in [-0.15, -0.1) is 0 Å². The molecule has 0 radical (unpaired) electrons. The number of hydrogen-bond acceptors (Lipinski definition) is 5. The van der Waals surface area contributed by atoms with Crippen LogP contribution in [0, 0.1) is 10.1 Å². The van der Waals surface area contributed by atoms with Crippen LogP contribution in [0.25, 0.3) is 6.08 Å². The standard InChI is InChI=1S/C15H18N2O4/c1-2-15(18)13-4-3-12(14(11-13)17(19)20)5-6-16-7-9-21-10-8-16/h3-6,11H,2,7-10H2,1H3/b6-5+. The summed E-state index contributed by atoms with van der Waals surface area (Å²) >= 11 is 0. The van der Waals surface area contributed by atoms with Crippen molar-refractivity contribution < 1.29 is 14.5 Å². The molecule has 112 valence electrons. The first-order valence-corrected chi connectivity index (χ1v) is 6.93. The van der Waals surface area contributed by atoms with Crippen LogP contribution in [0.4, 0.5) is 5.69 Å². The van der Waals surface area contributed by atoms with E-state index in [9.17, 15) is 14.9 Å². The Hall–Kier alpha value is -2.21. The number of Topliss-reactive ketones (excluding diaryl/α,β-unsaturated/α-hetero) is 1. The number of ketones is 1. The first kappa shape index (κ1) is 15.2. The lowest BCUT2D eigenvalue weighted by Gasteiger charge is -2.24. The zero-order valence-corrected chi connectivity index (χ0v) is 11.9. The quantitative estimate of drug-likeness (QED) is 0.473. The molecular weight excluding hydrogens is 272 g/mol. The molecule has 0 atom stereocenters. The highest BCUT2D eigenvalue weighted by Gasteiger charge is 2.15. The van der Waals surface area contributed by atoms with Gasteiger partial charge >= 0.3 is 0 Å². The van der Waals surface area contributed by atoms with Gasteiger partial charge < -0.3 is 9.64 Å². The van der Waals surface area contributed by atoms with Crippen molar-refractivity contribution in [2.75, 3.05) is 26.3 Å². The average Bonchev–Trinajstić information content (AvgIpc) is 2.52. The number of benzene rings is 1. The average molecular weight is 290 g/mol. The highest BCUT2D eigenvalue weighted by atomic mass is 16.6. The third-order valence-corrected chi connectivity index (χ3v) is 3.38. The Balaban J connectivity index is 2.23. The third kappa shape index (κ3) is 3.88. The molecule has 1 aromatic carbocycles. The van der Waals surface area contributed by atoms with Gasteiger partial charge in [0.05, 0.1) is 23.7 Å².